The quantitative estimate of drug-likeness (QED) is 0.188. The maximum Gasteiger partial charge on any atom is 0.328 e. The highest BCUT2D eigenvalue weighted by Gasteiger charge is 2.54. The Labute approximate surface area is 257 Å². The predicted molar refractivity (Wildman–Crippen MR) is 166 cm³/mol. The number of halogens is 1. The van der Waals surface area contributed by atoms with E-state index in [1.165, 1.54) is 23.1 Å². The number of hydrogen-bond donors (Lipinski definition) is 2. The number of aliphatic carboxylic acids is 1. The van der Waals surface area contributed by atoms with Crippen molar-refractivity contribution >= 4 is 36.0 Å². The van der Waals surface area contributed by atoms with Crippen LogP contribution in [0.1, 0.15) is 68.8 Å². The number of nitrogens with one attached hydrogen (secondary N) is 1. The van der Waals surface area contributed by atoms with Crippen LogP contribution in [0.15, 0.2) is 78.9 Å². The molecule has 2 unspecified atom stereocenters. The number of carboxylic acid groups (broad SMARTS) is 1. The molecule has 3 aromatic carbocycles. The Kier molecular flexibility index (Phi) is 9.98. The fraction of sp³-hybridized carbons (Fsp3) is 0.314. The first-order chi connectivity index (χ1) is 20.9. The van der Waals surface area contributed by atoms with Gasteiger partial charge in [0.25, 0.3) is 5.91 Å². The van der Waals surface area contributed by atoms with Gasteiger partial charge in [-0.3, -0.25) is 14.4 Å². The Morgan fingerprint density at radius 1 is 0.932 bits per heavy atom. The highest BCUT2D eigenvalue weighted by atomic mass is 19.1. The van der Waals surface area contributed by atoms with E-state index in [4.69, 9.17) is 0 Å². The second kappa shape index (κ2) is 13.7. The topological polar surface area (TPSA) is 107 Å². The molecule has 9 heteroatoms. The van der Waals surface area contributed by atoms with E-state index in [-0.39, 0.29) is 24.4 Å². The number of urea groups is 1. The van der Waals surface area contributed by atoms with Crippen molar-refractivity contribution in [3.8, 4) is 0 Å². The zero-order chi connectivity index (χ0) is 32.0. The van der Waals surface area contributed by atoms with Gasteiger partial charge in [0.2, 0.25) is 5.91 Å². The van der Waals surface area contributed by atoms with Gasteiger partial charge in [-0.2, -0.15) is 0 Å². The third-order valence-corrected chi connectivity index (χ3v) is 7.70. The minimum Gasteiger partial charge on any atom is -0.481 e. The number of amides is 4. The lowest BCUT2D eigenvalue weighted by molar-refractivity contribution is -0.140. The molecule has 1 heterocycles. The predicted octanol–water partition coefficient (Wildman–Crippen LogP) is 6.29. The molecule has 2 N–H and O–H groups in total. The summed E-state index contributed by atoms with van der Waals surface area (Å²) in [6, 6.07) is 20.1. The van der Waals surface area contributed by atoms with Gasteiger partial charge in [-0.05, 0) is 60.6 Å². The zero-order valence-corrected chi connectivity index (χ0v) is 25.4. The van der Waals surface area contributed by atoms with Crippen LogP contribution in [0.2, 0.25) is 0 Å². The highest BCUT2D eigenvalue weighted by molar-refractivity contribution is 6.09. The summed E-state index contributed by atoms with van der Waals surface area (Å²) in [4.78, 5) is 55.4. The van der Waals surface area contributed by atoms with Crippen molar-refractivity contribution in [3.63, 3.8) is 0 Å². The van der Waals surface area contributed by atoms with E-state index >= 15 is 0 Å². The van der Waals surface area contributed by atoms with Crippen molar-refractivity contribution in [2.24, 2.45) is 5.92 Å². The number of carbonyl (C=O) groups is 4. The van der Waals surface area contributed by atoms with Crippen molar-refractivity contribution in [2.75, 3.05) is 0 Å². The summed E-state index contributed by atoms with van der Waals surface area (Å²) in [7, 11) is 0. The summed E-state index contributed by atoms with van der Waals surface area (Å²) in [5.74, 6) is -3.04. The average Bonchev–Trinajstić information content (AvgIpc) is 3.14. The number of nitrogens with zero attached hydrogens (tertiary/aromatic N) is 2. The molecule has 0 aliphatic carbocycles. The number of imide groups is 1. The van der Waals surface area contributed by atoms with E-state index in [9.17, 15) is 28.7 Å². The molecule has 4 amide bonds. The van der Waals surface area contributed by atoms with E-state index < -0.39 is 53.7 Å². The fourth-order valence-corrected chi connectivity index (χ4v) is 5.27. The van der Waals surface area contributed by atoms with Crippen molar-refractivity contribution in [1.29, 1.82) is 0 Å². The SMILES string of the molecule is CC(C)CC(C(=O)NC(CC(=O)O)c1cccc(F)c1)N1C(=O)N(Cc2ccc(C=Cc3ccccc3)cc2)C(C)(C)C1=O. The first-order valence-electron chi connectivity index (χ1n) is 14.6. The van der Waals surface area contributed by atoms with Crippen molar-refractivity contribution in [3.05, 3.63) is 107 Å². The summed E-state index contributed by atoms with van der Waals surface area (Å²) in [6.45, 7) is 7.17. The van der Waals surface area contributed by atoms with Crippen molar-refractivity contribution < 1.29 is 28.7 Å². The number of carboxylic acids is 1. The third kappa shape index (κ3) is 7.58. The van der Waals surface area contributed by atoms with E-state index in [0.29, 0.717) is 0 Å². The summed E-state index contributed by atoms with van der Waals surface area (Å²) >= 11 is 0. The number of carbonyl (C=O) groups excluding carboxylic acids is 3. The molecule has 0 bridgehead atoms. The van der Waals surface area contributed by atoms with Crippen LogP contribution in [-0.2, 0) is 20.9 Å². The first-order valence-corrected chi connectivity index (χ1v) is 14.6. The molecule has 3 aromatic rings. The molecule has 8 nitrogen and oxygen atoms in total. The molecule has 0 radical (unpaired) electrons. The van der Waals surface area contributed by atoms with E-state index in [0.717, 1.165) is 27.7 Å². The number of benzene rings is 3. The molecule has 1 fully saturated rings. The molecule has 4 rings (SSSR count). The number of rotatable bonds is 12. The Morgan fingerprint density at radius 2 is 1.57 bits per heavy atom. The fourth-order valence-electron chi connectivity index (χ4n) is 5.27. The van der Waals surface area contributed by atoms with Crippen molar-refractivity contribution in [1.82, 2.24) is 15.1 Å². The summed E-state index contributed by atoms with van der Waals surface area (Å²) < 4.78 is 14.0. The van der Waals surface area contributed by atoms with Crippen LogP contribution in [0.5, 0.6) is 0 Å². The average molecular weight is 600 g/mol. The van der Waals surface area contributed by atoms with Crippen LogP contribution in [0, 0.1) is 11.7 Å². The van der Waals surface area contributed by atoms with Crippen LogP contribution in [0.4, 0.5) is 9.18 Å². The van der Waals surface area contributed by atoms with Crippen LogP contribution < -0.4 is 5.32 Å². The van der Waals surface area contributed by atoms with Gasteiger partial charge in [-0.25, -0.2) is 14.1 Å². The lowest BCUT2D eigenvalue weighted by Crippen LogP contribution is -2.52. The molecule has 1 saturated heterocycles. The monoisotopic (exact) mass is 599 g/mol. The Hall–Kier alpha value is -4.79. The summed E-state index contributed by atoms with van der Waals surface area (Å²) in [6.07, 6.45) is 3.66. The Bertz CT molecular complexity index is 1540. The second-order valence-corrected chi connectivity index (χ2v) is 11.9. The van der Waals surface area contributed by atoms with Gasteiger partial charge in [-0.1, -0.05) is 92.7 Å². The normalized spacial score (nSPS) is 16.0. The van der Waals surface area contributed by atoms with Gasteiger partial charge in [-0.15, -0.1) is 0 Å². The molecule has 1 aliphatic rings. The highest BCUT2D eigenvalue weighted by Crippen LogP contribution is 2.33. The third-order valence-electron chi connectivity index (χ3n) is 7.70. The van der Waals surface area contributed by atoms with Crippen molar-refractivity contribution in [2.45, 2.75) is 64.7 Å². The molecule has 44 heavy (non-hydrogen) atoms. The van der Waals surface area contributed by atoms with E-state index in [2.05, 4.69) is 5.32 Å². The minimum atomic E-state index is -1.23. The minimum absolute atomic E-state index is 0.0768. The van der Waals surface area contributed by atoms with Gasteiger partial charge in [0.05, 0.1) is 12.5 Å². The van der Waals surface area contributed by atoms with E-state index in [1.54, 1.807) is 13.8 Å². The second-order valence-electron chi connectivity index (χ2n) is 11.9. The Morgan fingerprint density at radius 3 is 2.16 bits per heavy atom. The largest absolute Gasteiger partial charge is 0.481 e. The molecular weight excluding hydrogens is 561 g/mol. The molecule has 0 aromatic heterocycles. The summed E-state index contributed by atoms with van der Waals surface area (Å²) in [5.41, 5.74) is 1.90. The van der Waals surface area contributed by atoms with Gasteiger partial charge in [0.15, 0.2) is 0 Å². The molecule has 0 spiro atoms. The molecule has 0 saturated carbocycles. The molecule has 1 aliphatic heterocycles. The lowest BCUT2D eigenvalue weighted by Gasteiger charge is -2.29. The standard InChI is InChI=1S/C35H38FN3O5/c1-23(2)19-30(32(42)37-29(21-31(40)41)27-11-8-12-28(36)20-27)39-33(43)35(3,4)38(34(39)44)22-26-17-15-25(16-18-26)14-13-24-9-6-5-7-10-24/h5-18,20,23,29-30H,19,21-22H2,1-4H3,(H,37,42)(H,40,41). The van der Waals surface area contributed by atoms with Crippen LogP contribution in [0.25, 0.3) is 12.2 Å². The maximum absolute atomic E-state index is 14.0. The molecule has 2 atom stereocenters. The van der Waals surface area contributed by atoms with Gasteiger partial charge < -0.3 is 15.3 Å². The molecular formula is C35H38FN3O5. The van der Waals surface area contributed by atoms with Crippen LogP contribution in [0.3, 0.4) is 0 Å². The first kappa shape index (κ1) is 32.1. The smallest absolute Gasteiger partial charge is 0.328 e. The number of hydrogen-bond acceptors (Lipinski definition) is 4. The van der Waals surface area contributed by atoms with Gasteiger partial charge in [0, 0.05) is 6.54 Å². The maximum atomic E-state index is 14.0. The van der Waals surface area contributed by atoms with Gasteiger partial charge >= 0.3 is 12.0 Å². The van der Waals surface area contributed by atoms with Crippen LogP contribution >= 0.6 is 0 Å². The molecule has 230 valence electrons. The van der Waals surface area contributed by atoms with Crippen LogP contribution in [-0.4, -0.2) is 50.3 Å². The zero-order valence-electron chi connectivity index (χ0n) is 25.4. The summed E-state index contributed by atoms with van der Waals surface area (Å²) in [5, 5.41) is 12.2. The Balaban J connectivity index is 1.55. The van der Waals surface area contributed by atoms with E-state index in [1.807, 2.05) is 80.6 Å². The lowest BCUT2D eigenvalue weighted by atomic mass is 9.98. The van der Waals surface area contributed by atoms with Gasteiger partial charge in [0.1, 0.15) is 17.4 Å².